The van der Waals surface area contributed by atoms with Crippen molar-refractivity contribution in [3.8, 4) is 0 Å². The van der Waals surface area contributed by atoms with Gasteiger partial charge in [0.25, 0.3) is 5.91 Å². The normalized spacial score (nSPS) is 16.7. The topological polar surface area (TPSA) is 122 Å². The second-order valence-electron chi connectivity index (χ2n) is 5.68. The van der Waals surface area contributed by atoms with Crippen LogP contribution in [0.25, 0.3) is 5.65 Å². The minimum absolute atomic E-state index is 0.205. The number of primary amides is 1. The SMILES string of the molecule is NC(=O)C1(CNC(=O)c2cccn3c(=O)[nH]nc23)CCCC1. The lowest BCUT2D eigenvalue weighted by atomic mass is 9.85. The van der Waals surface area contributed by atoms with Gasteiger partial charge in [-0.15, -0.1) is 0 Å². The Kier molecular flexibility index (Phi) is 3.44. The van der Waals surface area contributed by atoms with Gasteiger partial charge in [0, 0.05) is 12.7 Å². The molecule has 0 radical (unpaired) electrons. The fraction of sp³-hybridized carbons (Fsp3) is 0.429. The van der Waals surface area contributed by atoms with Crippen molar-refractivity contribution in [1.82, 2.24) is 19.9 Å². The van der Waals surface area contributed by atoms with Crippen molar-refractivity contribution in [3.63, 3.8) is 0 Å². The van der Waals surface area contributed by atoms with Crippen molar-refractivity contribution < 1.29 is 9.59 Å². The van der Waals surface area contributed by atoms with Crippen molar-refractivity contribution in [1.29, 1.82) is 0 Å². The molecule has 2 aromatic heterocycles. The lowest BCUT2D eigenvalue weighted by Gasteiger charge is -2.25. The summed E-state index contributed by atoms with van der Waals surface area (Å²) < 4.78 is 1.26. The van der Waals surface area contributed by atoms with E-state index >= 15 is 0 Å². The largest absolute Gasteiger partial charge is 0.369 e. The number of carbonyl (C=O) groups excluding carboxylic acids is 2. The highest BCUT2D eigenvalue weighted by atomic mass is 16.2. The summed E-state index contributed by atoms with van der Waals surface area (Å²) in [5.74, 6) is -0.753. The van der Waals surface area contributed by atoms with Crippen LogP contribution in [-0.2, 0) is 4.79 Å². The second kappa shape index (κ2) is 5.28. The predicted octanol–water partition coefficient (Wildman–Crippen LogP) is -0.202. The molecule has 22 heavy (non-hydrogen) atoms. The van der Waals surface area contributed by atoms with Gasteiger partial charge in [0.15, 0.2) is 5.65 Å². The highest BCUT2D eigenvalue weighted by Gasteiger charge is 2.39. The molecule has 3 rings (SSSR count). The van der Waals surface area contributed by atoms with Gasteiger partial charge in [-0.2, -0.15) is 5.10 Å². The molecular weight excluding hydrogens is 286 g/mol. The molecule has 1 aliphatic rings. The zero-order chi connectivity index (χ0) is 15.7. The molecule has 8 heteroatoms. The molecule has 2 amide bonds. The van der Waals surface area contributed by atoms with Crippen LogP contribution < -0.4 is 16.7 Å². The van der Waals surface area contributed by atoms with Crippen LogP contribution >= 0.6 is 0 Å². The fourth-order valence-electron chi connectivity index (χ4n) is 3.02. The number of nitrogens with zero attached hydrogens (tertiary/aromatic N) is 2. The molecule has 0 saturated heterocycles. The smallest absolute Gasteiger partial charge is 0.347 e. The van der Waals surface area contributed by atoms with Crippen molar-refractivity contribution >= 4 is 17.5 Å². The summed E-state index contributed by atoms with van der Waals surface area (Å²) in [6, 6.07) is 3.18. The van der Waals surface area contributed by atoms with Crippen LogP contribution in [0.15, 0.2) is 23.1 Å². The maximum absolute atomic E-state index is 12.4. The average Bonchev–Trinajstić information content (AvgIpc) is 3.13. The van der Waals surface area contributed by atoms with Gasteiger partial charge in [0.1, 0.15) is 0 Å². The molecular formula is C14H17N5O3. The third kappa shape index (κ3) is 2.26. The molecule has 116 valence electrons. The highest BCUT2D eigenvalue weighted by molar-refractivity contribution is 6.00. The maximum atomic E-state index is 12.4. The minimum atomic E-state index is -0.661. The molecule has 2 aromatic rings. The third-order valence-corrected chi connectivity index (χ3v) is 4.36. The van der Waals surface area contributed by atoms with Gasteiger partial charge in [0.05, 0.1) is 11.0 Å². The van der Waals surface area contributed by atoms with E-state index in [1.165, 1.54) is 10.6 Å². The first-order chi connectivity index (χ1) is 10.5. The Labute approximate surface area is 125 Å². The van der Waals surface area contributed by atoms with Crippen LogP contribution in [0.4, 0.5) is 0 Å². The second-order valence-corrected chi connectivity index (χ2v) is 5.68. The van der Waals surface area contributed by atoms with Gasteiger partial charge >= 0.3 is 5.69 Å². The molecule has 1 fully saturated rings. The van der Waals surface area contributed by atoms with Crippen molar-refractivity contribution in [2.45, 2.75) is 25.7 Å². The van der Waals surface area contributed by atoms with E-state index in [1.807, 2.05) is 0 Å². The Balaban J connectivity index is 1.82. The van der Waals surface area contributed by atoms with E-state index in [0.717, 1.165) is 12.8 Å². The molecule has 8 nitrogen and oxygen atoms in total. The van der Waals surface area contributed by atoms with Gasteiger partial charge in [-0.25, -0.2) is 14.3 Å². The molecule has 2 heterocycles. The summed E-state index contributed by atoms with van der Waals surface area (Å²) in [6.07, 6.45) is 4.77. The molecule has 0 aliphatic heterocycles. The van der Waals surface area contributed by atoms with Crippen LogP contribution in [0.3, 0.4) is 0 Å². The van der Waals surface area contributed by atoms with E-state index < -0.39 is 11.1 Å². The molecule has 0 spiro atoms. The van der Waals surface area contributed by atoms with E-state index in [2.05, 4.69) is 15.5 Å². The number of H-pyrrole nitrogens is 1. The minimum Gasteiger partial charge on any atom is -0.369 e. The number of nitrogens with one attached hydrogen (secondary N) is 2. The van der Waals surface area contributed by atoms with E-state index in [9.17, 15) is 14.4 Å². The summed E-state index contributed by atoms with van der Waals surface area (Å²) in [5, 5.41) is 8.90. The number of aromatic nitrogens is 3. The predicted molar refractivity (Wildman–Crippen MR) is 78.2 cm³/mol. The number of hydrogen-bond donors (Lipinski definition) is 3. The standard InChI is InChI=1S/C14H17N5O3/c15-12(21)14(5-1-2-6-14)8-16-11(20)9-4-3-7-19-10(9)17-18-13(19)22/h3-4,7H,1-2,5-6,8H2,(H2,15,21)(H,16,20)(H,18,22). The summed E-state index contributed by atoms with van der Waals surface area (Å²) in [7, 11) is 0. The first kappa shape index (κ1) is 14.3. The van der Waals surface area contributed by atoms with Crippen LogP contribution in [0.5, 0.6) is 0 Å². The summed E-state index contributed by atoms with van der Waals surface area (Å²) in [6.45, 7) is 0.205. The van der Waals surface area contributed by atoms with Gasteiger partial charge in [0.2, 0.25) is 5.91 Å². The average molecular weight is 303 g/mol. The molecule has 1 aliphatic carbocycles. The zero-order valence-corrected chi connectivity index (χ0v) is 12.0. The molecule has 1 saturated carbocycles. The lowest BCUT2D eigenvalue weighted by molar-refractivity contribution is -0.127. The maximum Gasteiger partial charge on any atom is 0.347 e. The lowest BCUT2D eigenvalue weighted by Crippen LogP contribution is -2.44. The van der Waals surface area contributed by atoms with Crippen molar-refractivity contribution in [2.24, 2.45) is 11.1 Å². The Bertz CT molecular complexity index is 785. The molecule has 4 N–H and O–H groups in total. The van der Waals surface area contributed by atoms with Crippen LogP contribution in [0.2, 0.25) is 0 Å². The Morgan fingerprint density at radius 1 is 1.41 bits per heavy atom. The molecule has 0 atom stereocenters. The molecule has 0 bridgehead atoms. The molecule has 0 aromatic carbocycles. The quantitative estimate of drug-likeness (QED) is 0.723. The van der Waals surface area contributed by atoms with Gasteiger partial charge in [-0.3, -0.25) is 9.59 Å². The number of rotatable bonds is 4. The number of hydrogen-bond acceptors (Lipinski definition) is 4. The van der Waals surface area contributed by atoms with E-state index in [1.54, 1.807) is 12.1 Å². The monoisotopic (exact) mass is 303 g/mol. The van der Waals surface area contributed by atoms with Crippen LogP contribution in [0, 0.1) is 5.41 Å². The zero-order valence-electron chi connectivity index (χ0n) is 12.0. The number of carbonyl (C=O) groups is 2. The number of amides is 2. The van der Waals surface area contributed by atoms with Gasteiger partial charge < -0.3 is 11.1 Å². The third-order valence-electron chi connectivity index (χ3n) is 4.36. The highest BCUT2D eigenvalue weighted by Crippen LogP contribution is 2.37. The summed E-state index contributed by atoms with van der Waals surface area (Å²) in [4.78, 5) is 35.6. The first-order valence-electron chi connectivity index (χ1n) is 7.17. The molecule has 0 unspecified atom stereocenters. The number of fused-ring (bicyclic) bond motifs is 1. The van der Waals surface area contributed by atoms with Crippen molar-refractivity contribution in [2.75, 3.05) is 6.54 Å². The van der Waals surface area contributed by atoms with Gasteiger partial charge in [-0.05, 0) is 25.0 Å². The van der Waals surface area contributed by atoms with Crippen molar-refractivity contribution in [3.05, 3.63) is 34.4 Å². The van der Waals surface area contributed by atoms with E-state index in [0.29, 0.717) is 12.8 Å². The summed E-state index contributed by atoms with van der Waals surface area (Å²) in [5.41, 5.74) is 4.96. The number of aromatic amines is 1. The van der Waals surface area contributed by atoms with Crippen LogP contribution in [-0.4, -0.2) is 33.0 Å². The van der Waals surface area contributed by atoms with E-state index in [4.69, 9.17) is 5.73 Å². The fourth-order valence-corrected chi connectivity index (χ4v) is 3.02. The van der Waals surface area contributed by atoms with Crippen LogP contribution in [0.1, 0.15) is 36.0 Å². The summed E-state index contributed by atoms with van der Waals surface area (Å²) >= 11 is 0. The Morgan fingerprint density at radius 3 is 2.82 bits per heavy atom. The van der Waals surface area contributed by atoms with Gasteiger partial charge in [-0.1, -0.05) is 12.8 Å². The Morgan fingerprint density at radius 2 is 2.14 bits per heavy atom. The van der Waals surface area contributed by atoms with E-state index in [-0.39, 0.29) is 29.6 Å². The first-order valence-corrected chi connectivity index (χ1v) is 7.17. The Hall–Kier alpha value is -2.64. The number of pyridine rings is 1. The number of nitrogens with two attached hydrogens (primary N) is 1.